The number of nitrogens with one attached hydrogen (secondary N) is 2. The Morgan fingerprint density at radius 1 is 1.16 bits per heavy atom. The highest BCUT2D eigenvalue weighted by atomic mass is 79.9. The van der Waals surface area contributed by atoms with E-state index in [1.54, 1.807) is 4.68 Å². The van der Waals surface area contributed by atoms with Crippen molar-refractivity contribution in [2.24, 2.45) is 0 Å². The van der Waals surface area contributed by atoms with Crippen molar-refractivity contribution in [1.29, 1.82) is 0 Å². The van der Waals surface area contributed by atoms with E-state index in [1.807, 2.05) is 96.1 Å². The molecular weight excluding hydrogens is 662 g/mol. The number of hydrogen-bond acceptors (Lipinski definition) is 7. The number of carbonyl (C=O) groups is 1. The highest BCUT2D eigenvalue weighted by molar-refractivity contribution is 9.10. The van der Waals surface area contributed by atoms with Crippen molar-refractivity contribution in [3.05, 3.63) is 97.6 Å². The first-order chi connectivity index (χ1) is 21.0. The number of thioether (sulfide) groups is 1. The Labute approximate surface area is 275 Å². The number of fused-ring (bicyclic) bond motifs is 1. The molecule has 0 saturated carbocycles. The summed E-state index contributed by atoms with van der Waals surface area (Å²) in [6.45, 7) is 12.2. The fraction of sp³-hybridized carbons (Fsp3) is 0.303. The molecule has 8 nitrogen and oxygen atoms in total. The van der Waals surface area contributed by atoms with E-state index in [9.17, 15) is 4.79 Å². The van der Waals surface area contributed by atoms with Gasteiger partial charge in [0.05, 0.1) is 22.8 Å². The second kappa shape index (κ2) is 13.7. The van der Waals surface area contributed by atoms with Crippen LogP contribution in [0.1, 0.15) is 56.0 Å². The number of amides is 1. The van der Waals surface area contributed by atoms with Crippen molar-refractivity contribution in [3.8, 4) is 11.5 Å². The van der Waals surface area contributed by atoms with Crippen LogP contribution in [-0.2, 0) is 10.5 Å². The third-order valence-corrected chi connectivity index (χ3v) is 8.87. The van der Waals surface area contributed by atoms with Gasteiger partial charge in [0.1, 0.15) is 6.04 Å². The Bertz CT molecular complexity index is 1740. The first kappa shape index (κ1) is 31.9. The predicted molar refractivity (Wildman–Crippen MR) is 181 cm³/mol. The molecule has 0 bridgehead atoms. The van der Waals surface area contributed by atoms with Gasteiger partial charge in [-0.25, -0.2) is 4.68 Å². The number of allylic oxidation sites excluding steroid dienone is 1. The highest BCUT2D eigenvalue weighted by Gasteiger charge is 2.36. The predicted octanol–water partition coefficient (Wildman–Crippen LogP) is 8.72. The summed E-state index contributed by atoms with van der Waals surface area (Å²) in [7, 11) is 0. The summed E-state index contributed by atoms with van der Waals surface area (Å²) in [5.74, 6) is 2.08. The van der Waals surface area contributed by atoms with E-state index in [1.165, 1.54) is 11.8 Å². The molecule has 44 heavy (non-hydrogen) atoms. The van der Waals surface area contributed by atoms with Gasteiger partial charge in [0.15, 0.2) is 11.5 Å². The maximum Gasteiger partial charge on any atom is 0.255 e. The first-order valence-electron chi connectivity index (χ1n) is 14.4. The summed E-state index contributed by atoms with van der Waals surface area (Å²) in [4.78, 5) is 18.9. The van der Waals surface area contributed by atoms with Crippen LogP contribution in [0.3, 0.4) is 0 Å². The lowest BCUT2D eigenvalue weighted by Crippen LogP contribution is -2.31. The van der Waals surface area contributed by atoms with Gasteiger partial charge in [-0.3, -0.25) is 4.79 Å². The van der Waals surface area contributed by atoms with Crippen molar-refractivity contribution >= 4 is 56.8 Å². The Hall–Kier alpha value is -3.47. The molecule has 11 heteroatoms. The average Bonchev–Trinajstić information content (AvgIpc) is 3.37. The molecule has 230 valence electrons. The fourth-order valence-corrected chi connectivity index (χ4v) is 6.72. The normalized spacial score (nSPS) is 14.3. The van der Waals surface area contributed by atoms with Crippen molar-refractivity contribution in [1.82, 2.24) is 14.8 Å². The molecule has 1 aliphatic heterocycles. The van der Waals surface area contributed by atoms with Crippen LogP contribution in [0.4, 0.5) is 11.6 Å². The van der Waals surface area contributed by atoms with Gasteiger partial charge in [0.2, 0.25) is 11.1 Å². The summed E-state index contributed by atoms with van der Waals surface area (Å²) < 4.78 is 14.6. The molecule has 0 aliphatic carbocycles. The lowest BCUT2D eigenvalue weighted by Gasteiger charge is -2.29. The molecule has 5 rings (SSSR count). The third kappa shape index (κ3) is 6.92. The van der Waals surface area contributed by atoms with Gasteiger partial charge in [-0.2, -0.15) is 4.98 Å². The number of rotatable bonds is 10. The number of anilines is 2. The molecule has 1 unspecified atom stereocenters. The zero-order valence-electron chi connectivity index (χ0n) is 25.5. The molecule has 1 aliphatic rings. The Morgan fingerprint density at radius 3 is 2.64 bits per heavy atom. The van der Waals surface area contributed by atoms with Crippen LogP contribution in [-0.4, -0.2) is 33.4 Å². The van der Waals surface area contributed by atoms with Crippen LogP contribution >= 0.6 is 39.3 Å². The number of carbonyl (C=O) groups excluding carboxylic acids is 1. The maximum absolute atomic E-state index is 14.1. The van der Waals surface area contributed by atoms with Crippen molar-refractivity contribution < 1.29 is 14.3 Å². The van der Waals surface area contributed by atoms with Gasteiger partial charge in [-0.15, -0.1) is 5.10 Å². The van der Waals surface area contributed by atoms with Crippen molar-refractivity contribution in [3.63, 3.8) is 0 Å². The minimum absolute atomic E-state index is 0.0592. The van der Waals surface area contributed by atoms with E-state index in [0.29, 0.717) is 55.7 Å². The zero-order valence-corrected chi connectivity index (χ0v) is 28.7. The van der Waals surface area contributed by atoms with E-state index in [-0.39, 0.29) is 12.0 Å². The molecule has 0 saturated heterocycles. The smallest absolute Gasteiger partial charge is 0.255 e. The molecule has 1 aromatic heterocycles. The summed E-state index contributed by atoms with van der Waals surface area (Å²) in [5.41, 5.74) is 5.82. The molecule has 0 fully saturated rings. The Kier molecular flexibility index (Phi) is 9.92. The number of aromatic nitrogens is 3. The van der Waals surface area contributed by atoms with E-state index in [2.05, 4.69) is 26.6 Å². The van der Waals surface area contributed by atoms with Gasteiger partial charge in [-0.05, 0) is 98.4 Å². The number of ether oxygens (including phenoxy) is 2. The van der Waals surface area contributed by atoms with Crippen LogP contribution in [0.25, 0.3) is 0 Å². The quantitative estimate of drug-likeness (QED) is 0.160. The SMILES string of the molecule is CCOc1cc(C2C(C(=O)Nc3ccc(C)cc3C)=C(C)Nc3nc(SCc4ccccc4Cl)nn32)cc(Br)c1OC(C)C. The number of aryl methyl sites for hydroxylation is 2. The molecule has 0 radical (unpaired) electrons. The highest BCUT2D eigenvalue weighted by Crippen LogP contribution is 2.44. The van der Waals surface area contributed by atoms with Gasteiger partial charge < -0.3 is 20.1 Å². The molecule has 0 spiro atoms. The van der Waals surface area contributed by atoms with Crippen LogP contribution in [0.5, 0.6) is 11.5 Å². The van der Waals surface area contributed by atoms with E-state index in [0.717, 1.165) is 27.9 Å². The number of hydrogen-bond donors (Lipinski definition) is 2. The van der Waals surface area contributed by atoms with Crippen molar-refractivity contribution in [2.45, 2.75) is 64.6 Å². The molecule has 1 atom stereocenters. The number of benzene rings is 3. The largest absolute Gasteiger partial charge is 0.490 e. The minimum Gasteiger partial charge on any atom is -0.490 e. The van der Waals surface area contributed by atoms with E-state index in [4.69, 9.17) is 31.2 Å². The molecule has 1 amide bonds. The summed E-state index contributed by atoms with van der Waals surface area (Å²) >= 11 is 11.6. The summed E-state index contributed by atoms with van der Waals surface area (Å²) in [6, 6.07) is 16.9. The number of nitrogens with zero attached hydrogens (tertiary/aromatic N) is 3. The third-order valence-electron chi connectivity index (χ3n) is 7.02. The van der Waals surface area contributed by atoms with Gasteiger partial charge in [0, 0.05) is 22.2 Å². The molecular formula is C33H35BrClN5O3S. The van der Waals surface area contributed by atoms with E-state index >= 15 is 0 Å². The van der Waals surface area contributed by atoms with E-state index < -0.39 is 6.04 Å². The second-order valence-electron chi connectivity index (χ2n) is 10.8. The van der Waals surface area contributed by atoms with Crippen LogP contribution in [0, 0.1) is 13.8 Å². The van der Waals surface area contributed by atoms with Crippen LogP contribution in [0.15, 0.2) is 75.5 Å². The maximum atomic E-state index is 14.1. The first-order valence-corrected chi connectivity index (χ1v) is 16.5. The Morgan fingerprint density at radius 2 is 1.93 bits per heavy atom. The van der Waals surface area contributed by atoms with Gasteiger partial charge in [0.25, 0.3) is 5.91 Å². The summed E-state index contributed by atoms with van der Waals surface area (Å²) in [5, 5.41) is 12.6. The lowest BCUT2D eigenvalue weighted by atomic mass is 9.94. The molecule has 2 heterocycles. The molecule has 2 N–H and O–H groups in total. The number of halogens is 2. The molecule has 3 aromatic carbocycles. The standard InChI is InChI=1S/C33H35BrClN5O3S/c1-7-42-27-16-23(15-24(34)30(27)43-18(2)3)29-28(31(41)37-26-13-12-19(4)14-20(26)5)21(6)36-32-38-33(39-40(29)32)44-17-22-10-8-9-11-25(22)35/h8-16,18,29H,7,17H2,1-6H3,(H,37,41)(H,36,38,39). The minimum atomic E-state index is -0.609. The van der Waals surface area contributed by atoms with Gasteiger partial charge in [-0.1, -0.05) is 59.3 Å². The molecule has 4 aromatic rings. The summed E-state index contributed by atoms with van der Waals surface area (Å²) in [6.07, 6.45) is -0.0592. The van der Waals surface area contributed by atoms with Crippen molar-refractivity contribution in [2.75, 3.05) is 17.2 Å². The topological polar surface area (TPSA) is 90.3 Å². The second-order valence-corrected chi connectivity index (χ2v) is 13.0. The fourth-order valence-electron chi connectivity index (χ4n) is 5.05. The monoisotopic (exact) mass is 695 g/mol. The average molecular weight is 697 g/mol. The van der Waals surface area contributed by atoms with Crippen LogP contribution < -0.4 is 20.1 Å². The lowest BCUT2D eigenvalue weighted by molar-refractivity contribution is -0.113. The van der Waals surface area contributed by atoms with Gasteiger partial charge >= 0.3 is 0 Å². The Balaban J connectivity index is 1.59. The van der Waals surface area contributed by atoms with Crippen LogP contribution in [0.2, 0.25) is 5.02 Å². The zero-order chi connectivity index (χ0) is 31.5.